The fourth-order valence-corrected chi connectivity index (χ4v) is 3.85. The minimum absolute atomic E-state index is 0.0249. The number of anilines is 1. The number of halogens is 2. The van der Waals surface area contributed by atoms with Crippen LogP contribution in [0.4, 0.5) is 11.4 Å². The van der Waals surface area contributed by atoms with Crippen molar-refractivity contribution in [3.63, 3.8) is 0 Å². The van der Waals surface area contributed by atoms with Crippen molar-refractivity contribution in [2.24, 2.45) is 0 Å². The van der Waals surface area contributed by atoms with Crippen LogP contribution in [0.2, 0.25) is 0 Å². The second-order valence-electron chi connectivity index (χ2n) is 4.93. The zero-order chi connectivity index (χ0) is 16.7. The molecule has 0 fully saturated rings. The first-order valence-corrected chi connectivity index (χ1v) is 8.05. The molecule has 0 aromatic heterocycles. The molecule has 0 aliphatic carbocycles. The van der Waals surface area contributed by atoms with Gasteiger partial charge in [0.2, 0.25) is 0 Å². The van der Waals surface area contributed by atoms with Gasteiger partial charge in [-0.2, -0.15) is 0 Å². The lowest BCUT2D eigenvalue weighted by molar-refractivity contribution is -0.384. The molecule has 1 aliphatic heterocycles. The Bertz CT molecular complexity index is 849. The van der Waals surface area contributed by atoms with Gasteiger partial charge in [0, 0.05) is 21.1 Å². The van der Waals surface area contributed by atoms with Gasteiger partial charge in [0.25, 0.3) is 17.4 Å². The van der Waals surface area contributed by atoms with Crippen molar-refractivity contribution in [3.05, 3.63) is 66.6 Å². The lowest BCUT2D eigenvalue weighted by atomic mass is 10.1. The predicted octanol–water partition coefficient (Wildman–Crippen LogP) is 3.85. The number of fused-ring (bicyclic) bond motifs is 1. The van der Waals surface area contributed by atoms with Crippen LogP contribution in [0, 0.1) is 10.1 Å². The van der Waals surface area contributed by atoms with E-state index in [9.17, 15) is 19.7 Å². The Kier molecular flexibility index (Phi) is 4.03. The van der Waals surface area contributed by atoms with Crippen LogP contribution in [0.5, 0.6) is 0 Å². The molecule has 0 saturated heterocycles. The number of carbonyl (C=O) groups is 2. The third kappa shape index (κ3) is 2.79. The summed E-state index contributed by atoms with van der Waals surface area (Å²) in [5, 5.41) is 10.7. The summed E-state index contributed by atoms with van der Waals surface area (Å²) in [5.41, 5.74) is 1.52. The molecule has 116 valence electrons. The number of Topliss-reactive ketones (excluding diaryl/α,β-unsaturated/α-hetero) is 1. The van der Waals surface area contributed by atoms with Gasteiger partial charge in [0.05, 0.1) is 22.7 Å². The number of non-ortho nitro benzene ring substituents is 1. The maximum atomic E-state index is 12.2. The number of carbonyl (C=O) groups excluding carboxylic acids is 2. The smallest absolute Gasteiger partial charge is 0.299 e. The third-order valence-electron chi connectivity index (χ3n) is 3.47. The van der Waals surface area contributed by atoms with Crippen molar-refractivity contribution in [3.8, 4) is 0 Å². The zero-order valence-corrected chi connectivity index (χ0v) is 14.6. The molecule has 1 amide bonds. The molecule has 2 aromatic rings. The Hall–Kier alpha value is -2.06. The largest absolute Gasteiger partial charge is 0.299 e. The van der Waals surface area contributed by atoms with E-state index in [1.165, 1.54) is 17.0 Å². The Morgan fingerprint density at radius 3 is 2.35 bits per heavy atom. The van der Waals surface area contributed by atoms with Crippen molar-refractivity contribution < 1.29 is 14.5 Å². The van der Waals surface area contributed by atoms with Gasteiger partial charge in [0.15, 0.2) is 0 Å². The van der Waals surface area contributed by atoms with Crippen LogP contribution >= 0.6 is 31.9 Å². The van der Waals surface area contributed by atoms with Crippen LogP contribution in [-0.4, -0.2) is 16.6 Å². The number of amides is 1. The summed E-state index contributed by atoms with van der Waals surface area (Å²) in [7, 11) is 0. The quantitative estimate of drug-likeness (QED) is 0.413. The number of nitro benzene ring substituents is 1. The molecule has 0 N–H and O–H groups in total. The highest BCUT2D eigenvalue weighted by Gasteiger charge is 2.37. The van der Waals surface area contributed by atoms with E-state index < -0.39 is 16.6 Å². The van der Waals surface area contributed by atoms with Gasteiger partial charge in [-0.15, -0.1) is 0 Å². The monoisotopic (exact) mass is 438 g/mol. The number of nitro groups is 1. The Balaban J connectivity index is 1.97. The van der Waals surface area contributed by atoms with Crippen LogP contribution in [0.15, 0.2) is 45.3 Å². The molecule has 0 bridgehead atoms. The van der Waals surface area contributed by atoms with Gasteiger partial charge in [-0.3, -0.25) is 24.6 Å². The van der Waals surface area contributed by atoms with Crippen LogP contribution in [0.1, 0.15) is 15.9 Å². The molecule has 0 unspecified atom stereocenters. The van der Waals surface area contributed by atoms with Crippen molar-refractivity contribution in [2.45, 2.75) is 6.54 Å². The first-order chi connectivity index (χ1) is 10.9. The molecule has 3 rings (SSSR count). The molecule has 1 aliphatic rings. The molecule has 8 heteroatoms. The van der Waals surface area contributed by atoms with Gasteiger partial charge >= 0.3 is 0 Å². The summed E-state index contributed by atoms with van der Waals surface area (Å²) in [4.78, 5) is 35.9. The van der Waals surface area contributed by atoms with E-state index in [1.54, 1.807) is 24.3 Å². The van der Waals surface area contributed by atoms with E-state index in [0.29, 0.717) is 25.8 Å². The normalized spacial score (nSPS) is 13.4. The number of nitrogens with zero attached hydrogens (tertiary/aromatic N) is 2. The number of hydrogen-bond donors (Lipinski definition) is 0. The van der Waals surface area contributed by atoms with Crippen molar-refractivity contribution >= 4 is 54.9 Å². The summed E-state index contributed by atoms with van der Waals surface area (Å²) < 4.78 is 1.32. The highest BCUT2D eigenvalue weighted by molar-refractivity contribution is 9.11. The molecular weight excluding hydrogens is 432 g/mol. The predicted molar refractivity (Wildman–Crippen MR) is 90.5 cm³/mol. The minimum Gasteiger partial charge on any atom is -0.299 e. The van der Waals surface area contributed by atoms with E-state index in [4.69, 9.17) is 0 Å². The van der Waals surface area contributed by atoms with Gasteiger partial charge < -0.3 is 0 Å². The average Bonchev–Trinajstić information content (AvgIpc) is 2.73. The molecule has 0 atom stereocenters. The van der Waals surface area contributed by atoms with E-state index in [0.717, 1.165) is 0 Å². The first kappa shape index (κ1) is 15.8. The highest BCUT2D eigenvalue weighted by Crippen LogP contribution is 2.39. The van der Waals surface area contributed by atoms with E-state index in [1.807, 2.05) is 0 Å². The van der Waals surface area contributed by atoms with Gasteiger partial charge in [0.1, 0.15) is 0 Å². The summed E-state index contributed by atoms with van der Waals surface area (Å²) in [6.45, 7) is 0.162. The SMILES string of the molecule is O=C1C(=O)N(Cc2ccc([N+](=O)[O-])cc2)c2c(Br)cc(Br)cc21. The minimum atomic E-state index is -0.614. The first-order valence-electron chi connectivity index (χ1n) is 6.47. The topological polar surface area (TPSA) is 80.5 Å². The fourth-order valence-electron chi connectivity index (χ4n) is 2.41. The van der Waals surface area contributed by atoms with Gasteiger partial charge in [-0.1, -0.05) is 28.1 Å². The van der Waals surface area contributed by atoms with Crippen LogP contribution in [0.25, 0.3) is 0 Å². The summed E-state index contributed by atoms with van der Waals surface area (Å²) >= 11 is 6.67. The number of ketones is 1. The number of hydrogen-bond acceptors (Lipinski definition) is 4. The molecule has 0 radical (unpaired) electrons. The van der Waals surface area contributed by atoms with Crippen molar-refractivity contribution in [2.75, 3.05) is 4.90 Å². The number of rotatable bonds is 3. The van der Waals surface area contributed by atoms with E-state index in [-0.39, 0.29) is 12.2 Å². The second kappa shape index (κ2) is 5.86. The Morgan fingerprint density at radius 2 is 1.74 bits per heavy atom. The molecule has 0 spiro atoms. The van der Waals surface area contributed by atoms with E-state index >= 15 is 0 Å². The lowest BCUT2D eigenvalue weighted by Crippen LogP contribution is -2.29. The van der Waals surface area contributed by atoms with E-state index in [2.05, 4.69) is 31.9 Å². The summed E-state index contributed by atoms with van der Waals surface area (Å²) in [6.07, 6.45) is 0. The molecule has 2 aromatic carbocycles. The Morgan fingerprint density at radius 1 is 1.09 bits per heavy atom. The van der Waals surface area contributed by atoms with Gasteiger partial charge in [-0.25, -0.2) is 0 Å². The second-order valence-corrected chi connectivity index (χ2v) is 6.70. The highest BCUT2D eigenvalue weighted by atomic mass is 79.9. The average molecular weight is 440 g/mol. The summed E-state index contributed by atoms with van der Waals surface area (Å²) in [6, 6.07) is 9.25. The maximum Gasteiger partial charge on any atom is 0.299 e. The van der Waals surface area contributed by atoms with Crippen molar-refractivity contribution in [1.29, 1.82) is 0 Å². The van der Waals surface area contributed by atoms with Crippen LogP contribution < -0.4 is 4.90 Å². The van der Waals surface area contributed by atoms with Crippen LogP contribution in [-0.2, 0) is 11.3 Å². The molecule has 6 nitrogen and oxygen atoms in total. The zero-order valence-electron chi connectivity index (χ0n) is 11.5. The standard InChI is InChI=1S/C15H8Br2N2O4/c16-9-5-11-13(12(17)6-9)18(15(21)14(11)20)7-8-1-3-10(4-2-8)19(22)23/h1-6H,7H2. The maximum absolute atomic E-state index is 12.2. The van der Waals surface area contributed by atoms with Gasteiger partial charge in [-0.05, 0) is 33.6 Å². The molecule has 0 saturated carbocycles. The Labute approximate surface area is 147 Å². The lowest BCUT2D eigenvalue weighted by Gasteiger charge is -2.18. The molecule has 1 heterocycles. The van der Waals surface area contributed by atoms with Crippen LogP contribution in [0.3, 0.4) is 0 Å². The fraction of sp³-hybridized carbons (Fsp3) is 0.0667. The third-order valence-corrected chi connectivity index (χ3v) is 4.53. The van der Waals surface area contributed by atoms with Crippen molar-refractivity contribution in [1.82, 2.24) is 0 Å². The molecular formula is C15H8Br2N2O4. The summed E-state index contributed by atoms with van der Waals surface area (Å²) in [5.74, 6) is -1.18. The number of benzene rings is 2. The molecule has 23 heavy (non-hydrogen) atoms.